The van der Waals surface area contributed by atoms with Gasteiger partial charge in [0.05, 0.1) is 10.8 Å². The van der Waals surface area contributed by atoms with Crippen LogP contribution in [-0.4, -0.2) is 27.0 Å². The van der Waals surface area contributed by atoms with Crippen LogP contribution in [0.15, 0.2) is 12.3 Å². The Hall–Kier alpha value is -2.69. The second kappa shape index (κ2) is 6.17. The molecule has 2 rings (SSSR count). The first kappa shape index (κ1) is 14.7. The number of nitrogens with one attached hydrogen (secondary N) is 1. The topological polar surface area (TPSA) is 129 Å². The molecule has 8 heteroatoms. The van der Waals surface area contributed by atoms with Gasteiger partial charge >= 0.3 is 11.7 Å². The summed E-state index contributed by atoms with van der Waals surface area (Å²) in [7, 11) is 0. The lowest BCUT2D eigenvalue weighted by atomic mass is 9.86. The van der Waals surface area contributed by atoms with Crippen molar-refractivity contribution in [3.05, 3.63) is 27.9 Å². The molecule has 0 aromatic carbocycles. The molecule has 1 aromatic heterocycles. The molecule has 0 unspecified atom stereocenters. The lowest BCUT2D eigenvalue weighted by molar-refractivity contribution is -0.384. The van der Waals surface area contributed by atoms with Crippen molar-refractivity contribution in [1.29, 1.82) is 5.26 Å². The molecule has 21 heavy (non-hydrogen) atoms. The second-order valence-electron chi connectivity index (χ2n) is 4.96. The summed E-state index contributed by atoms with van der Waals surface area (Å²) < 4.78 is 0. The summed E-state index contributed by atoms with van der Waals surface area (Å²) in [4.78, 5) is 25.3. The van der Waals surface area contributed by atoms with Gasteiger partial charge < -0.3 is 10.4 Å². The molecule has 1 fully saturated rings. The van der Waals surface area contributed by atoms with Crippen molar-refractivity contribution in [2.45, 2.75) is 31.7 Å². The number of nitrogens with zero attached hydrogens (tertiary/aromatic N) is 3. The Morgan fingerprint density at radius 1 is 1.48 bits per heavy atom. The van der Waals surface area contributed by atoms with Crippen molar-refractivity contribution < 1.29 is 14.8 Å². The van der Waals surface area contributed by atoms with Crippen LogP contribution >= 0.6 is 0 Å². The van der Waals surface area contributed by atoms with Crippen LogP contribution < -0.4 is 5.32 Å². The van der Waals surface area contributed by atoms with Gasteiger partial charge in [0.15, 0.2) is 0 Å². The zero-order valence-corrected chi connectivity index (χ0v) is 11.2. The Bertz CT molecular complexity index is 603. The summed E-state index contributed by atoms with van der Waals surface area (Å²) in [5.74, 6) is -1.08. The predicted octanol–water partition coefficient (Wildman–Crippen LogP) is 1.92. The van der Waals surface area contributed by atoms with Gasteiger partial charge in [-0.25, -0.2) is 4.98 Å². The minimum Gasteiger partial charge on any atom is -0.481 e. The highest BCUT2D eigenvalue weighted by Crippen LogP contribution is 2.30. The molecule has 0 atom stereocenters. The molecule has 8 nitrogen and oxygen atoms in total. The Morgan fingerprint density at radius 3 is 2.67 bits per heavy atom. The fourth-order valence-corrected chi connectivity index (χ4v) is 2.51. The Labute approximate surface area is 120 Å². The van der Waals surface area contributed by atoms with E-state index in [4.69, 9.17) is 10.4 Å². The first-order valence-electron chi connectivity index (χ1n) is 6.55. The number of aliphatic carboxylic acids is 1. The maximum atomic E-state index is 11.1. The largest absolute Gasteiger partial charge is 0.481 e. The third kappa shape index (κ3) is 3.25. The summed E-state index contributed by atoms with van der Waals surface area (Å²) in [5, 5.41) is 31.9. The molecule has 1 saturated carbocycles. The molecule has 0 saturated heterocycles. The van der Waals surface area contributed by atoms with Gasteiger partial charge in [0.1, 0.15) is 11.6 Å². The number of carbonyl (C=O) groups is 1. The van der Waals surface area contributed by atoms with Crippen LogP contribution in [-0.2, 0) is 4.79 Å². The number of hydrogen-bond acceptors (Lipinski definition) is 6. The van der Waals surface area contributed by atoms with E-state index >= 15 is 0 Å². The van der Waals surface area contributed by atoms with E-state index in [-0.39, 0.29) is 29.0 Å². The highest BCUT2D eigenvalue weighted by molar-refractivity contribution is 5.70. The maximum Gasteiger partial charge on any atom is 0.328 e. The maximum absolute atomic E-state index is 11.1. The lowest BCUT2D eigenvalue weighted by Gasteiger charge is -2.27. The zero-order valence-electron chi connectivity index (χ0n) is 11.2. The van der Waals surface area contributed by atoms with Gasteiger partial charge in [-0.3, -0.25) is 14.9 Å². The molecule has 1 aliphatic carbocycles. The Kier molecular flexibility index (Phi) is 4.33. The average molecular weight is 290 g/mol. The summed E-state index contributed by atoms with van der Waals surface area (Å²) in [6.45, 7) is 0. The number of carboxylic acids is 1. The standard InChI is InChI=1S/C13H14N4O4/c14-7-9-5-6-15-12(11(9)17(20)21)16-10-3-1-8(2-4-10)13(18)19/h5-6,8,10H,1-4H2,(H,15,16)(H,18,19). The van der Waals surface area contributed by atoms with Gasteiger partial charge in [0.2, 0.25) is 5.82 Å². The van der Waals surface area contributed by atoms with E-state index in [9.17, 15) is 14.9 Å². The van der Waals surface area contributed by atoms with Crippen molar-refractivity contribution >= 4 is 17.5 Å². The molecular weight excluding hydrogens is 276 g/mol. The van der Waals surface area contributed by atoms with Gasteiger partial charge in [-0.2, -0.15) is 5.26 Å². The van der Waals surface area contributed by atoms with E-state index in [1.54, 1.807) is 6.07 Å². The van der Waals surface area contributed by atoms with Crippen LogP contribution in [0.2, 0.25) is 0 Å². The van der Waals surface area contributed by atoms with Gasteiger partial charge in [-0.1, -0.05) is 0 Å². The molecule has 0 amide bonds. The van der Waals surface area contributed by atoms with E-state index in [0.29, 0.717) is 25.7 Å². The quantitative estimate of drug-likeness (QED) is 0.640. The summed E-state index contributed by atoms with van der Waals surface area (Å²) in [6.07, 6.45) is 3.60. The summed E-state index contributed by atoms with van der Waals surface area (Å²) in [6, 6.07) is 3.00. The molecule has 1 aromatic rings. The zero-order chi connectivity index (χ0) is 15.4. The van der Waals surface area contributed by atoms with Crippen LogP contribution in [0.3, 0.4) is 0 Å². The normalized spacial score (nSPS) is 21.3. The fourth-order valence-electron chi connectivity index (χ4n) is 2.51. The van der Waals surface area contributed by atoms with E-state index in [2.05, 4.69) is 10.3 Å². The van der Waals surface area contributed by atoms with Crippen molar-refractivity contribution in [1.82, 2.24) is 4.98 Å². The van der Waals surface area contributed by atoms with E-state index in [0.717, 1.165) is 0 Å². The third-order valence-corrected chi connectivity index (χ3v) is 3.64. The molecule has 1 heterocycles. The molecule has 0 radical (unpaired) electrons. The molecule has 0 spiro atoms. The van der Waals surface area contributed by atoms with Crippen LogP contribution in [0, 0.1) is 27.4 Å². The Morgan fingerprint density at radius 2 is 2.14 bits per heavy atom. The van der Waals surface area contributed by atoms with Crippen molar-refractivity contribution in [2.24, 2.45) is 5.92 Å². The Balaban J connectivity index is 2.13. The second-order valence-corrected chi connectivity index (χ2v) is 4.96. The first-order valence-corrected chi connectivity index (χ1v) is 6.55. The number of carboxylic acid groups (broad SMARTS) is 1. The number of aromatic nitrogens is 1. The molecule has 1 aliphatic rings. The van der Waals surface area contributed by atoms with Crippen LogP contribution in [0.25, 0.3) is 0 Å². The first-order chi connectivity index (χ1) is 10.0. The molecule has 2 N–H and O–H groups in total. The highest BCUT2D eigenvalue weighted by Gasteiger charge is 2.28. The fraction of sp³-hybridized carbons (Fsp3) is 0.462. The van der Waals surface area contributed by atoms with Crippen molar-refractivity contribution in [3.63, 3.8) is 0 Å². The average Bonchev–Trinajstić information content (AvgIpc) is 2.47. The van der Waals surface area contributed by atoms with E-state index in [1.807, 2.05) is 0 Å². The van der Waals surface area contributed by atoms with Crippen LogP contribution in [0.4, 0.5) is 11.5 Å². The van der Waals surface area contributed by atoms with Crippen molar-refractivity contribution in [3.8, 4) is 6.07 Å². The SMILES string of the molecule is N#Cc1ccnc(NC2CCC(C(=O)O)CC2)c1[N+](=O)[O-]. The molecule has 0 bridgehead atoms. The minimum absolute atomic E-state index is 0.0447. The lowest BCUT2D eigenvalue weighted by Crippen LogP contribution is -2.29. The van der Waals surface area contributed by atoms with Crippen LogP contribution in [0.1, 0.15) is 31.2 Å². The molecule has 110 valence electrons. The number of nitriles is 1. The summed E-state index contributed by atoms with van der Waals surface area (Å²) >= 11 is 0. The number of nitro groups is 1. The highest BCUT2D eigenvalue weighted by atomic mass is 16.6. The number of anilines is 1. The number of rotatable bonds is 4. The molecular formula is C13H14N4O4. The number of pyridine rings is 1. The van der Waals surface area contributed by atoms with Gasteiger partial charge in [-0.15, -0.1) is 0 Å². The van der Waals surface area contributed by atoms with E-state index < -0.39 is 10.9 Å². The van der Waals surface area contributed by atoms with E-state index in [1.165, 1.54) is 12.3 Å². The smallest absolute Gasteiger partial charge is 0.328 e. The van der Waals surface area contributed by atoms with Gasteiger partial charge in [0, 0.05) is 12.2 Å². The van der Waals surface area contributed by atoms with Crippen LogP contribution in [0.5, 0.6) is 0 Å². The minimum atomic E-state index is -0.802. The van der Waals surface area contributed by atoms with Gasteiger partial charge in [-0.05, 0) is 31.7 Å². The van der Waals surface area contributed by atoms with Crippen molar-refractivity contribution in [2.75, 3.05) is 5.32 Å². The van der Waals surface area contributed by atoms with Gasteiger partial charge in [0.25, 0.3) is 0 Å². The summed E-state index contributed by atoms with van der Waals surface area (Å²) in [5.41, 5.74) is -0.378. The third-order valence-electron chi connectivity index (χ3n) is 3.64. The predicted molar refractivity (Wildman–Crippen MR) is 72.6 cm³/mol. The number of hydrogen-bond donors (Lipinski definition) is 2. The molecule has 0 aliphatic heterocycles. The monoisotopic (exact) mass is 290 g/mol.